The van der Waals surface area contributed by atoms with Crippen LogP contribution in [0.4, 0.5) is 0 Å². The van der Waals surface area contributed by atoms with Crippen LogP contribution in [0.2, 0.25) is 0 Å². The molecule has 0 amide bonds. The number of ether oxygens (including phenoxy) is 3. The van der Waals surface area contributed by atoms with E-state index in [0.717, 1.165) is 64.2 Å². The minimum atomic E-state index is -1.13. The number of nitrogens with zero attached hydrogens (tertiary/aromatic N) is 1. The molecule has 2 unspecified atom stereocenters. The molecule has 0 aromatic rings. The summed E-state index contributed by atoms with van der Waals surface area (Å²) in [5, 5.41) is 11.6. The number of carbonyl (C=O) groups is 3. The van der Waals surface area contributed by atoms with Gasteiger partial charge in [-0.25, -0.2) is 0 Å². The molecule has 0 fully saturated rings. The molecule has 2 atom stereocenters. The first-order chi connectivity index (χ1) is 28.1. The summed E-state index contributed by atoms with van der Waals surface area (Å²) in [6.45, 7) is 4.53. The molecule has 0 aliphatic rings. The largest absolute Gasteiger partial charge is 0.544 e. The molecule has 58 heavy (non-hydrogen) atoms. The summed E-state index contributed by atoms with van der Waals surface area (Å²) in [6.07, 6.45) is 47.5. The van der Waals surface area contributed by atoms with E-state index in [2.05, 4.69) is 44.2 Å². The van der Waals surface area contributed by atoms with E-state index in [4.69, 9.17) is 14.2 Å². The van der Waals surface area contributed by atoms with Gasteiger partial charge in [-0.3, -0.25) is 9.59 Å². The van der Waals surface area contributed by atoms with Crippen LogP contribution in [-0.2, 0) is 28.6 Å². The predicted octanol–water partition coefficient (Wildman–Crippen LogP) is 12.1. The highest BCUT2D eigenvalue weighted by Crippen LogP contribution is 2.16. The Hall–Kier alpha value is -2.45. The van der Waals surface area contributed by atoms with E-state index in [1.54, 1.807) is 21.1 Å². The average molecular weight is 818 g/mol. The quantitative estimate of drug-likeness (QED) is 0.0261. The van der Waals surface area contributed by atoms with Crippen molar-refractivity contribution in [3.05, 3.63) is 36.5 Å². The number of hydrogen-bond donors (Lipinski definition) is 0. The normalized spacial score (nSPS) is 13.2. The first-order valence-electron chi connectivity index (χ1n) is 24.0. The average Bonchev–Trinajstić information content (AvgIpc) is 3.18. The molecular weight excluding hydrogens is 727 g/mol. The van der Waals surface area contributed by atoms with Gasteiger partial charge in [0.05, 0.1) is 40.3 Å². The van der Waals surface area contributed by atoms with Crippen LogP contribution in [0.25, 0.3) is 0 Å². The molecule has 0 saturated heterocycles. The van der Waals surface area contributed by atoms with E-state index in [1.807, 2.05) is 6.08 Å². The summed E-state index contributed by atoms with van der Waals surface area (Å²) in [6, 6.07) is -0.727. The number of hydrogen-bond acceptors (Lipinski definition) is 7. The van der Waals surface area contributed by atoms with Gasteiger partial charge in [0.1, 0.15) is 12.6 Å². The van der Waals surface area contributed by atoms with E-state index < -0.39 is 18.1 Å². The van der Waals surface area contributed by atoms with Crippen LogP contribution in [0.5, 0.6) is 0 Å². The highest BCUT2D eigenvalue weighted by Gasteiger charge is 2.25. The van der Waals surface area contributed by atoms with Gasteiger partial charge in [-0.15, -0.1) is 0 Å². The van der Waals surface area contributed by atoms with E-state index in [9.17, 15) is 19.5 Å². The Labute approximate surface area is 357 Å². The Morgan fingerprint density at radius 2 is 0.966 bits per heavy atom. The van der Waals surface area contributed by atoms with Gasteiger partial charge < -0.3 is 28.6 Å². The summed E-state index contributed by atoms with van der Waals surface area (Å²) in [4.78, 5) is 36.9. The molecule has 0 spiro atoms. The number of aliphatic carboxylic acids is 1. The van der Waals surface area contributed by atoms with Gasteiger partial charge in [-0.05, 0) is 32.1 Å². The number of unbranched alkanes of at least 4 members (excludes halogenated alkanes) is 25. The molecule has 0 radical (unpaired) electrons. The van der Waals surface area contributed by atoms with Crippen molar-refractivity contribution in [2.75, 3.05) is 41.0 Å². The minimum absolute atomic E-state index is 0.0366. The molecule has 338 valence electrons. The van der Waals surface area contributed by atoms with Crippen molar-refractivity contribution in [3.63, 3.8) is 0 Å². The predicted molar refractivity (Wildman–Crippen MR) is 240 cm³/mol. The molecule has 8 nitrogen and oxygen atoms in total. The van der Waals surface area contributed by atoms with Crippen LogP contribution >= 0.6 is 0 Å². The highest BCUT2D eigenvalue weighted by atomic mass is 16.6. The van der Waals surface area contributed by atoms with E-state index in [0.29, 0.717) is 12.8 Å². The van der Waals surface area contributed by atoms with Crippen LogP contribution in [0.15, 0.2) is 36.5 Å². The number of carboxylic acid groups (broad SMARTS) is 1. The van der Waals surface area contributed by atoms with Gasteiger partial charge in [0.25, 0.3) is 0 Å². The van der Waals surface area contributed by atoms with Gasteiger partial charge in [0.2, 0.25) is 0 Å². The van der Waals surface area contributed by atoms with Crippen molar-refractivity contribution < 1.29 is 38.2 Å². The number of carboxylic acids is 1. The number of quaternary nitrogens is 1. The van der Waals surface area contributed by atoms with Crippen LogP contribution in [0.3, 0.4) is 0 Å². The minimum Gasteiger partial charge on any atom is -0.544 e. The lowest BCUT2D eigenvalue weighted by Gasteiger charge is -2.34. The third-order valence-electron chi connectivity index (χ3n) is 10.9. The van der Waals surface area contributed by atoms with Crippen molar-refractivity contribution in [2.24, 2.45) is 0 Å². The molecule has 0 heterocycles. The smallest absolute Gasteiger partial charge is 0.306 e. The molecule has 0 aromatic carbocycles. The molecule has 0 bridgehead atoms. The van der Waals surface area contributed by atoms with Gasteiger partial charge in [0, 0.05) is 19.3 Å². The number of rotatable bonds is 43. The number of esters is 2. The third-order valence-corrected chi connectivity index (χ3v) is 10.9. The Morgan fingerprint density at radius 1 is 0.534 bits per heavy atom. The van der Waals surface area contributed by atoms with E-state index in [1.165, 1.54) is 116 Å². The fourth-order valence-electron chi connectivity index (χ4n) is 7.13. The van der Waals surface area contributed by atoms with Crippen LogP contribution < -0.4 is 5.11 Å². The number of allylic oxidation sites excluding steroid dienone is 6. The second-order valence-corrected chi connectivity index (χ2v) is 17.4. The van der Waals surface area contributed by atoms with Crippen LogP contribution in [0.1, 0.15) is 213 Å². The Bertz CT molecular complexity index is 1050. The zero-order chi connectivity index (χ0) is 42.8. The summed E-state index contributed by atoms with van der Waals surface area (Å²) < 4.78 is 17.2. The zero-order valence-corrected chi connectivity index (χ0v) is 38.5. The van der Waals surface area contributed by atoms with E-state index in [-0.39, 0.29) is 42.7 Å². The van der Waals surface area contributed by atoms with Gasteiger partial charge in [-0.2, -0.15) is 0 Å². The molecule has 0 aromatic heterocycles. The van der Waals surface area contributed by atoms with Crippen molar-refractivity contribution >= 4 is 17.9 Å². The topological polar surface area (TPSA) is 102 Å². The maximum absolute atomic E-state index is 12.8. The molecular formula is C50H91NO7. The van der Waals surface area contributed by atoms with Crippen molar-refractivity contribution in [3.8, 4) is 0 Å². The fourth-order valence-corrected chi connectivity index (χ4v) is 7.13. The lowest BCUT2D eigenvalue weighted by Crippen LogP contribution is -2.55. The molecule has 0 aliphatic carbocycles. The molecule has 0 saturated carbocycles. The maximum atomic E-state index is 12.8. The van der Waals surface area contributed by atoms with E-state index >= 15 is 0 Å². The summed E-state index contributed by atoms with van der Waals surface area (Å²) in [5.41, 5.74) is 0. The van der Waals surface area contributed by atoms with Crippen molar-refractivity contribution in [1.29, 1.82) is 0 Å². The SMILES string of the molecule is CC/C=C/C=C/C=C/CCCCCCCC(=O)OCC(COCCC(C(=O)[O-])[N+](C)(C)C)OC(=O)CCCCCCCCCCCCCCCCCCCCCCC. The van der Waals surface area contributed by atoms with Gasteiger partial charge in [-0.1, -0.05) is 198 Å². The first kappa shape index (κ1) is 55.5. The Morgan fingerprint density at radius 3 is 1.41 bits per heavy atom. The number of carbonyl (C=O) groups excluding carboxylic acids is 3. The lowest BCUT2D eigenvalue weighted by molar-refractivity contribution is -0.889. The monoisotopic (exact) mass is 818 g/mol. The Balaban J connectivity index is 4.23. The van der Waals surface area contributed by atoms with Crippen LogP contribution in [0, 0.1) is 0 Å². The van der Waals surface area contributed by atoms with Crippen molar-refractivity contribution in [2.45, 2.75) is 225 Å². The summed E-state index contributed by atoms with van der Waals surface area (Å²) in [5.74, 6) is -1.75. The standard InChI is InChI=1S/C50H91NO7/c1-6-8-10-12-14-16-18-20-21-22-23-24-25-26-27-29-31-33-35-37-39-41-49(53)58-46(44-56-43-42-47(50(54)55)51(3,4)5)45-57-48(52)40-38-36-34-32-30-28-19-17-15-13-11-9-7-2/h9,11,13,15,17,19,46-47H,6-8,10,12,14,16,18,20-45H2,1-5H3/b11-9+,15-13+,19-17+. The number of likely N-dealkylation sites (N-methyl/N-ethyl adjacent to an activating group) is 1. The summed E-state index contributed by atoms with van der Waals surface area (Å²) >= 11 is 0. The maximum Gasteiger partial charge on any atom is 0.306 e. The van der Waals surface area contributed by atoms with Gasteiger partial charge >= 0.3 is 11.9 Å². The van der Waals surface area contributed by atoms with Crippen LogP contribution in [-0.4, -0.2) is 75.5 Å². The fraction of sp³-hybridized carbons (Fsp3) is 0.820. The second kappa shape index (κ2) is 41.3. The lowest BCUT2D eigenvalue weighted by atomic mass is 10.0. The third kappa shape index (κ3) is 39.0. The Kier molecular flexibility index (Phi) is 39.5. The van der Waals surface area contributed by atoms with Gasteiger partial charge in [0.15, 0.2) is 6.10 Å². The zero-order valence-electron chi connectivity index (χ0n) is 38.5. The molecule has 8 heteroatoms. The van der Waals surface area contributed by atoms with Crippen molar-refractivity contribution in [1.82, 2.24) is 0 Å². The highest BCUT2D eigenvalue weighted by molar-refractivity contribution is 5.70. The summed E-state index contributed by atoms with van der Waals surface area (Å²) in [7, 11) is 5.41. The second-order valence-electron chi connectivity index (χ2n) is 17.4. The first-order valence-corrected chi connectivity index (χ1v) is 24.0. The molecule has 0 aliphatic heterocycles. The molecule has 0 N–H and O–H groups in total. The molecule has 0 rings (SSSR count).